The molecule has 0 atom stereocenters. The minimum atomic E-state index is -0.206. The highest BCUT2D eigenvalue weighted by molar-refractivity contribution is 6.17. The molecule has 0 heterocycles. The molecule has 0 bridgehead atoms. The Labute approximate surface area is 174 Å². The molecule has 5 heteroatoms. The van der Waals surface area contributed by atoms with Crippen LogP contribution in [0.3, 0.4) is 0 Å². The second-order valence-corrected chi connectivity index (χ2v) is 9.40. The van der Waals surface area contributed by atoms with Gasteiger partial charge in [0.25, 0.3) is 0 Å². The first kappa shape index (κ1) is 24.5. The molecule has 0 amide bonds. The van der Waals surface area contributed by atoms with Gasteiger partial charge in [-0.2, -0.15) is 0 Å². The van der Waals surface area contributed by atoms with E-state index in [0.717, 1.165) is 24.2 Å². The standard InChI is InChI=1S/C23H35ClO4/c1-22(2,16-23(3,4)17-28-21(26)7-6-14-24)15-19(25)11-8-18-9-12-20(27-5)13-10-18/h9-10,12-13H,6-8,11,14-17H2,1-5H3. The number of esters is 1. The van der Waals surface area contributed by atoms with Gasteiger partial charge in [-0.25, -0.2) is 0 Å². The van der Waals surface area contributed by atoms with Crippen LogP contribution in [0, 0.1) is 10.8 Å². The molecule has 0 aromatic heterocycles. The molecule has 0 fully saturated rings. The predicted octanol–water partition coefficient (Wildman–Crippen LogP) is 5.59. The van der Waals surface area contributed by atoms with Gasteiger partial charge in [-0.15, -0.1) is 11.6 Å². The number of hydrogen-bond acceptors (Lipinski definition) is 4. The highest BCUT2D eigenvalue weighted by Crippen LogP contribution is 2.37. The van der Waals surface area contributed by atoms with E-state index in [1.807, 2.05) is 24.3 Å². The van der Waals surface area contributed by atoms with Crippen molar-refractivity contribution >= 4 is 23.4 Å². The van der Waals surface area contributed by atoms with Crippen molar-refractivity contribution in [2.75, 3.05) is 19.6 Å². The second-order valence-electron chi connectivity index (χ2n) is 9.02. The number of alkyl halides is 1. The van der Waals surface area contributed by atoms with Crippen molar-refractivity contribution in [3.05, 3.63) is 29.8 Å². The van der Waals surface area contributed by atoms with Crippen molar-refractivity contribution in [2.45, 2.75) is 66.2 Å². The van der Waals surface area contributed by atoms with Gasteiger partial charge >= 0.3 is 5.97 Å². The molecular weight excluding hydrogens is 376 g/mol. The Bertz CT molecular complexity index is 620. The van der Waals surface area contributed by atoms with Crippen LogP contribution in [-0.2, 0) is 20.7 Å². The number of aryl methyl sites for hydroxylation is 1. The third-order valence-corrected chi connectivity index (χ3v) is 4.89. The van der Waals surface area contributed by atoms with Crippen LogP contribution in [0.15, 0.2) is 24.3 Å². The third kappa shape index (κ3) is 10.1. The number of ether oxygens (including phenoxy) is 2. The van der Waals surface area contributed by atoms with Crippen LogP contribution < -0.4 is 4.74 Å². The monoisotopic (exact) mass is 410 g/mol. The maximum atomic E-state index is 12.5. The summed E-state index contributed by atoms with van der Waals surface area (Å²) in [6.45, 7) is 8.72. The second kappa shape index (κ2) is 11.5. The molecule has 0 N–H and O–H groups in total. The van der Waals surface area contributed by atoms with Crippen molar-refractivity contribution in [1.82, 2.24) is 0 Å². The maximum Gasteiger partial charge on any atom is 0.305 e. The number of hydrogen-bond donors (Lipinski definition) is 0. The fourth-order valence-corrected chi connectivity index (χ4v) is 3.80. The molecule has 1 aromatic carbocycles. The predicted molar refractivity (Wildman–Crippen MR) is 114 cm³/mol. The van der Waals surface area contributed by atoms with Crippen molar-refractivity contribution < 1.29 is 19.1 Å². The summed E-state index contributed by atoms with van der Waals surface area (Å²) in [5.41, 5.74) is 0.801. The number of methoxy groups -OCH3 is 1. The summed E-state index contributed by atoms with van der Waals surface area (Å²) in [5.74, 6) is 1.34. The van der Waals surface area contributed by atoms with E-state index in [1.54, 1.807) is 7.11 Å². The molecule has 0 aliphatic heterocycles. The lowest BCUT2D eigenvalue weighted by atomic mass is 9.72. The van der Waals surface area contributed by atoms with E-state index in [1.165, 1.54) is 0 Å². The number of ketones is 1. The largest absolute Gasteiger partial charge is 0.497 e. The summed E-state index contributed by atoms with van der Waals surface area (Å²) in [5, 5.41) is 0. The summed E-state index contributed by atoms with van der Waals surface area (Å²) >= 11 is 5.60. The number of rotatable bonds is 13. The van der Waals surface area contributed by atoms with Crippen LogP contribution in [0.2, 0.25) is 0 Å². The maximum absolute atomic E-state index is 12.5. The van der Waals surface area contributed by atoms with Gasteiger partial charge in [0.15, 0.2) is 0 Å². The lowest BCUT2D eigenvalue weighted by Gasteiger charge is -2.34. The normalized spacial score (nSPS) is 11.9. The van der Waals surface area contributed by atoms with E-state index in [0.29, 0.717) is 38.2 Å². The molecule has 0 saturated carbocycles. The molecule has 4 nitrogen and oxygen atoms in total. The number of carbonyl (C=O) groups excluding carboxylic acids is 2. The summed E-state index contributed by atoms with van der Waals surface area (Å²) in [6, 6.07) is 7.83. The quantitative estimate of drug-likeness (QED) is 0.314. The molecule has 28 heavy (non-hydrogen) atoms. The molecule has 0 aliphatic rings. The van der Waals surface area contributed by atoms with Crippen molar-refractivity contribution in [3.8, 4) is 5.75 Å². The number of benzene rings is 1. The molecule has 0 saturated heterocycles. The Morgan fingerprint density at radius 3 is 2.21 bits per heavy atom. The van der Waals surface area contributed by atoms with E-state index in [-0.39, 0.29) is 22.6 Å². The SMILES string of the molecule is COc1ccc(CCC(=O)CC(C)(C)CC(C)(C)COC(=O)CCCCl)cc1. The summed E-state index contributed by atoms with van der Waals surface area (Å²) in [6.07, 6.45) is 3.58. The smallest absolute Gasteiger partial charge is 0.305 e. The first-order valence-corrected chi connectivity index (χ1v) is 10.5. The van der Waals surface area contributed by atoms with E-state index in [9.17, 15) is 9.59 Å². The van der Waals surface area contributed by atoms with Gasteiger partial charge in [0.2, 0.25) is 0 Å². The number of carbonyl (C=O) groups is 2. The Kier molecular flexibility index (Phi) is 10.0. The number of Topliss-reactive ketones (excluding diaryl/α,β-unsaturated/α-hetero) is 1. The Hall–Kier alpha value is -1.55. The third-order valence-electron chi connectivity index (χ3n) is 4.62. The molecule has 0 aliphatic carbocycles. The first-order valence-electron chi connectivity index (χ1n) is 9.93. The Morgan fingerprint density at radius 1 is 1.00 bits per heavy atom. The van der Waals surface area contributed by atoms with Crippen LogP contribution in [0.1, 0.15) is 65.4 Å². The van der Waals surface area contributed by atoms with Crippen LogP contribution in [0.4, 0.5) is 0 Å². The average molecular weight is 411 g/mol. The zero-order chi connectivity index (χ0) is 21.2. The molecular formula is C23H35ClO4. The highest BCUT2D eigenvalue weighted by Gasteiger charge is 2.31. The average Bonchev–Trinajstić information content (AvgIpc) is 2.62. The van der Waals surface area contributed by atoms with Crippen molar-refractivity contribution in [2.24, 2.45) is 10.8 Å². The highest BCUT2D eigenvalue weighted by atomic mass is 35.5. The summed E-state index contributed by atoms with van der Waals surface area (Å²) in [7, 11) is 1.64. The van der Waals surface area contributed by atoms with Gasteiger partial charge in [0.1, 0.15) is 11.5 Å². The minimum absolute atomic E-state index is 0.150. The van der Waals surface area contributed by atoms with Crippen LogP contribution in [0.25, 0.3) is 0 Å². The lowest BCUT2D eigenvalue weighted by molar-refractivity contribution is -0.147. The van der Waals surface area contributed by atoms with E-state index in [4.69, 9.17) is 21.1 Å². The topological polar surface area (TPSA) is 52.6 Å². The van der Waals surface area contributed by atoms with E-state index in [2.05, 4.69) is 27.7 Å². The van der Waals surface area contributed by atoms with Gasteiger partial charge in [-0.3, -0.25) is 9.59 Å². The molecule has 1 aromatic rings. The molecule has 0 unspecified atom stereocenters. The summed E-state index contributed by atoms with van der Waals surface area (Å²) in [4.78, 5) is 24.2. The van der Waals surface area contributed by atoms with Crippen molar-refractivity contribution in [3.63, 3.8) is 0 Å². The Balaban J connectivity index is 2.44. The molecule has 0 spiro atoms. The number of halogens is 1. The van der Waals surface area contributed by atoms with Crippen LogP contribution >= 0.6 is 11.6 Å². The van der Waals surface area contributed by atoms with Gasteiger partial charge in [0.05, 0.1) is 13.7 Å². The van der Waals surface area contributed by atoms with Crippen LogP contribution in [0.5, 0.6) is 5.75 Å². The first-order chi connectivity index (χ1) is 13.1. The Morgan fingerprint density at radius 2 is 1.64 bits per heavy atom. The lowest BCUT2D eigenvalue weighted by Crippen LogP contribution is -2.30. The summed E-state index contributed by atoms with van der Waals surface area (Å²) < 4.78 is 10.5. The molecule has 0 radical (unpaired) electrons. The zero-order valence-corrected chi connectivity index (χ0v) is 18.7. The van der Waals surface area contributed by atoms with Crippen LogP contribution in [-0.4, -0.2) is 31.3 Å². The zero-order valence-electron chi connectivity index (χ0n) is 18.0. The fourth-order valence-electron chi connectivity index (χ4n) is 3.67. The van der Waals surface area contributed by atoms with Gasteiger partial charge in [-0.1, -0.05) is 39.8 Å². The van der Waals surface area contributed by atoms with E-state index >= 15 is 0 Å². The fraction of sp³-hybridized carbons (Fsp3) is 0.652. The minimum Gasteiger partial charge on any atom is -0.497 e. The van der Waals surface area contributed by atoms with Gasteiger partial charge in [0, 0.05) is 25.1 Å². The molecule has 1 rings (SSSR count). The van der Waals surface area contributed by atoms with Crippen molar-refractivity contribution in [1.29, 1.82) is 0 Å². The van der Waals surface area contributed by atoms with Gasteiger partial charge in [-0.05, 0) is 47.8 Å². The molecule has 158 valence electrons. The van der Waals surface area contributed by atoms with E-state index < -0.39 is 0 Å². The van der Waals surface area contributed by atoms with Gasteiger partial charge < -0.3 is 9.47 Å².